The number of anilines is 2. The molecule has 2 atom stereocenters. The first-order chi connectivity index (χ1) is 18.9. The molecule has 1 heterocycles. The summed E-state index contributed by atoms with van der Waals surface area (Å²) in [7, 11) is 1.47. The molecule has 3 aromatic carbocycles. The van der Waals surface area contributed by atoms with E-state index in [1.165, 1.54) is 13.2 Å². The third-order valence-electron chi connectivity index (χ3n) is 6.37. The molecule has 12 heteroatoms. The number of nitrogens with one attached hydrogen (secondary N) is 1. The second-order valence-electron chi connectivity index (χ2n) is 9.28. The maximum Gasteiger partial charge on any atom is 0.327 e. The van der Waals surface area contributed by atoms with E-state index in [4.69, 9.17) is 32.4 Å². The van der Waals surface area contributed by atoms with E-state index in [9.17, 15) is 23.5 Å². The highest BCUT2D eigenvalue weighted by Crippen LogP contribution is 2.42. The van der Waals surface area contributed by atoms with E-state index in [0.29, 0.717) is 33.0 Å². The van der Waals surface area contributed by atoms with Crippen LogP contribution in [0.1, 0.15) is 30.0 Å². The number of aliphatic carboxylic acids is 1. The van der Waals surface area contributed by atoms with Gasteiger partial charge in [0, 0.05) is 28.2 Å². The van der Waals surface area contributed by atoms with Crippen LogP contribution < -0.4 is 14.4 Å². The average molecular weight is 604 g/mol. The summed E-state index contributed by atoms with van der Waals surface area (Å²) < 4.78 is 35.8. The summed E-state index contributed by atoms with van der Waals surface area (Å²) in [6.07, 6.45) is 0. The van der Waals surface area contributed by atoms with E-state index in [0.717, 1.165) is 15.4 Å². The van der Waals surface area contributed by atoms with Gasteiger partial charge in [0.1, 0.15) is 11.8 Å². The third-order valence-corrected chi connectivity index (χ3v) is 7.69. The Kier molecular flexibility index (Phi) is 8.74. The number of carbonyl (C=O) groups excluding carboxylic acids is 1. The maximum absolute atomic E-state index is 13.0. The molecule has 4 rings (SSSR count). The van der Waals surface area contributed by atoms with Gasteiger partial charge >= 0.3 is 5.97 Å². The van der Waals surface area contributed by atoms with Gasteiger partial charge in [0.15, 0.2) is 11.3 Å². The third kappa shape index (κ3) is 5.66. The van der Waals surface area contributed by atoms with Crippen LogP contribution >= 0.6 is 23.2 Å². The molecule has 0 aliphatic rings. The first kappa shape index (κ1) is 29.4. The van der Waals surface area contributed by atoms with Gasteiger partial charge in [-0.15, -0.1) is 0 Å². The van der Waals surface area contributed by atoms with Crippen LogP contribution in [0.25, 0.3) is 22.1 Å². The van der Waals surface area contributed by atoms with Crippen LogP contribution in [0.4, 0.5) is 11.4 Å². The highest BCUT2D eigenvalue weighted by atomic mass is 35.5. The fourth-order valence-corrected chi connectivity index (χ4v) is 5.86. The molecule has 40 heavy (non-hydrogen) atoms. The van der Waals surface area contributed by atoms with Crippen molar-refractivity contribution >= 4 is 68.7 Å². The van der Waals surface area contributed by atoms with Crippen molar-refractivity contribution in [3.63, 3.8) is 0 Å². The van der Waals surface area contributed by atoms with Crippen molar-refractivity contribution in [3.8, 4) is 16.9 Å². The minimum absolute atomic E-state index is 0.0681. The molecular formula is C28H25Cl2N2O7S-. The number of nitrogens with zero attached hydrogens (tertiary/aromatic N) is 1. The number of hydrogen-bond acceptors (Lipinski definition) is 6. The van der Waals surface area contributed by atoms with Gasteiger partial charge < -0.3 is 24.1 Å². The van der Waals surface area contributed by atoms with Crippen LogP contribution in [0.5, 0.6) is 5.75 Å². The van der Waals surface area contributed by atoms with Gasteiger partial charge in [-0.1, -0.05) is 61.3 Å². The van der Waals surface area contributed by atoms with Crippen molar-refractivity contribution in [3.05, 3.63) is 76.0 Å². The van der Waals surface area contributed by atoms with Crippen molar-refractivity contribution < 1.29 is 32.6 Å². The summed E-state index contributed by atoms with van der Waals surface area (Å²) in [5.74, 6) is -1.73. The Morgan fingerprint density at radius 1 is 1.05 bits per heavy atom. The average Bonchev–Trinajstić information content (AvgIpc) is 3.25. The minimum atomic E-state index is -2.78. The van der Waals surface area contributed by atoms with Crippen molar-refractivity contribution in [1.82, 2.24) is 0 Å². The fraction of sp³-hybridized carbons (Fsp3) is 0.214. The van der Waals surface area contributed by atoms with Crippen LogP contribution in [0.2, 0.25) is 10.0 Å². The molecule has 0 radical (unpaired) electrons. The first-order valence-electron chi connectivity index (χ1n) is 12.0. The molecule has 0 fully saturated rings. The number of ether oxygens (including phenoxy) is 1. The second kappa shape index (κ2) is 11.9. The Bertz CT molecular complexity index is 1600. The van der Waals surface area contributed by atoms with Gasteiger partial charge in [-0.2, -0.15) is 0 Å². The SMILES string of the molecule is COc1c(Cl)cc(Cl)c2oc(C(=O)Nc3ccc(-c4ccc(N(C(C(=O)O)C(C)C)S(=O)[O-])cc4)cc3)c(C)c12. The number of halogens is 2. The van der Waals surface area contributed by atoms with E-state index < -0.39 is 35.1 Å². The highest BCUT2D eigenvalue weighted by molar-refractivity contribution is 7.80. The normalized spacial score (nSPS) is 12.8. The Labute approximate surface area is 243 Å². The Morgan fingerprint density at radius 3 is 2.12 bits per heavy atom. The van der Waals surface area contributed by atoms with E-state index >= 15 is 0 Å². The smallest absolute Gasteiger partial charge is 0.327 e. The lowest BCUT2D eigenvalue weighted by atomic mass is 10.0. The zero-order valence-electron chi connectivity index (χ0n) is 21.9. The van der Waals surface area contributed by atoms with Gasteiger partial charge in [0.25, 0.3) is 5.91 Å². The standard InChI is InChI=1S/C28H26Cl2N2O7S/c1-14(2)23(28(34)35)32(40(36)37)19-11-7-17(8-12-19)16-5-9-18(10-6-16)31-27(33)24-15(3)22-25(38-4)20(29)13-21(30)26(22)39-24/h5-14,23H,1-4H3,(H,31,33)(H,34,35)(H,36,37)/p-1. The number of benzene rings is 3. The minimum Gasteiger partial charge on any atom is -0.755 e. The summed E-state index contributed by atoms with van der Waals surface area (Å²) in [4.78, 5) is 24.7. The van der Waals surface area contributed by atoms with Crippen molar-refractivity contribution in [1.29, 1.82) is 0 Å². The summed E-state index contributed by atoms with van der Waals surface area (Å²) in [5.41, 5.74) is 3.13. The molecule has 0 saturated carbocycles. The number of fused-ring (bicyclic) bond motifs is 1. The maximum atomic E-state index is 13.0. The number of furan rings is 1. The number of carboxylic acids is 1. The molecule has 1 amide bonds. The van der Waals surface area contributed by atoms with Crippen LogP contribution in [0.3, 0.4) is 0 Å². The number of carboxylic acid groups (broad SMARTS) is 1. The topological polar surface area (TPSA) is 132 Å². The second-order valence-corrected chi connectivity index (χ2v) is 10.9. The predicted octanol–water partition coefficient (Wildman–Crippen LogP) is 6.69. The van der Waals surface area contributed by atoms with Gasteiger partial charge in [-0.05, 0) is 54.3 Å². The monoisotopic (exact) mass is 603 g/mol. The van der Waals surface area contributed by atoms with Crippen LogP contribution in [0, 0.1) is 12.8 Å². The van der Waals surface area contributed by atoms with E-state index in [1.807, 2.05) is 0 Å². The lowest BCUT2D eigenvalue weighted by Gasteiger charge is -2.34. The molecule has 2 unspecified atom stereocenters. The van der Waals surface area contributed by atoms with Crippen LogP contribution in [0.15, 0.2) is 59.0 Å². The van der Waals surface area contributed by atoms with Crippen molar-refractivity contribution in [2.45, 2.75) is 26.8 Å². The van der Waals surface area contributed by atoms with Gasteiger partial charge in [-0.3, -0.25) is 13.3 Å². The Balaban J connectivity index is 1.55. The summed E-state index contributed by atoms with van der Waals surface area (Å²) in [5, 5.41) is 13.4. The molecule has 210 valence electrons. The van der Waals surface area contributed by atoms with E-state index in [-0.39, 0.29) is 16.5 Å². The largest absolute Gasteiger partial charge is 0.755 e. The van der Waals surface area contributed by atoms with Gasteiger partial charge in [0.2, 0.25) is 0 Å². The molecule has 9 nitrogen and oxygen atoms in total. The first-order valence-corrected chi connectivity index (χ1v) is 13.8. The zero-order valence-corrected chi connectivity index (χ0v) is 24.2. The van der Waals surface area contributed by atoms with Crippen LogP contribution in [-0.2, 0) is 16.1 Å². The molecule has 2 N–H and O–H groups in total. The van der Waals surface area contributed by atoms with Crippen molar-refractivity contribution in [2.75, 3.05) is 16.7 Å². The van der Waals surface area contributed by atoms with E-state index in [1.54, 1.807) is 69.3 Å². The number of amides is 1. The highest BCUT2D eigenvalue weighted by Gasteiger charge is 2.30. The van der Waals surface area contributed by atoms with Crippen LogP contribution in [-0.4, -0.2) is 38.9 Å². The number of hydrogen-bond donors (Lipinski definition) is 2. The van der Waals surface area contributed by atoms with Gasteiger partial charge in [-0.25, -0.2) is 4.79 Å². The van der Waals surface area contributed by atoms with Crippen molar-refractivity contribution in [2.24, 2.45) is 5.92 Å². The number of methoxy groups -OCH3 is 1. The fourth-order valence-electron chi connectivity index (χ4n) is 4.46. The Morgan fingerprint density at radius 2 is 1.62 bits per heavy atom. The number of aryl methyl sites for hydroxylation is 1. The number of rotatable bonds is 9. The quantitative estimate of drug-likeness (QED) is 0.204. The lowest BCUT2D eigenvalue weighted by Crippen LogP contribution is -2.45. The summed E-state index contributed by atoms with van der Waals surface area (Å²) in [6, 6.07) is 13.7. The molecule has 0 saturated heterocycles. The molecule has 0 aliphatic heterocycles. The molecule has 4 aromatic rings. The molecule has 0 spiro atoms. The molecule has 0 aliphatic carbocycles. The van der Waals surface area contributed by atoms with Gasteiger partial charge in [0.05, 0.1) is 22.5 Å². The predicted molar refractivity (Wildman–Crippen MR) is 155 cm³/mol. The molecule has 1 aromatic heterocycles. The zero-order chi connectivity index (χ0) is 29.3. The Hall–Kier alpha value is -3.57. The lowest BCUT2D eigenvalue weighted by molar-refractivity contribution is -0.139. The molecular weight excluding hydrogens is 579 g/mol. The molecule has 0 bridgehead atoms. The number of carbonyl (C=O) groups is 2. The summed E-state index contributed by atoms with van der Waals surface area (Å²) in [6.45, 7) is 5.00. The summed E-state index contributed by atoms with van der Waals surface area (Å²) >= 11 is 9.73. The van der Waals surface area contributed by atoms with E-state index in [2.05, 4.69) is 5.32 Å².